The van der Waals surface area contributed by atoms with E-state index in [1.165, 1.54) is 0 Å². The molecule has 88 valence electrons. The van der Waals surface area contributed by atoms with Crippen molar-refractivity contribution in [2.24, 2.45) is 5.92 Å². The van der Waals surface area contributed by atoms with Crippen LogP contribution in [0.25, 0.3) is 0 Å². The molecule has 1 aliphatic carbocycles. The number of aliphatic hydroxyl groups excluding tert-OH is 2. The van der Waals surface area contributed by atoms with Crippen LogP contribution in [0.5, 0.6) is 0 Å². The summed E-state index contributed by atoms with van der Waals surface area (Å²) in [6.45, 7) is 4.81. The Hall–Kier alpha value is -0.390. The minimum atomic E-state index is -3.36. The lowest BCUT2D eigenvalue weighted by atomic mass is 10.0. The van der Waals surface area contributed by atoms with Crippen molar-refractivity contribution in [2.75, 3.05) is 19.0 Å². The van der Waals surface area contributed by atoms with Gasteiger partial charge in [0.05, 0.1) is 6.61 Å². The van der Waals surface area contributed by atoms with Crippen molar-refractivity contribution in [1.29, 1.82) is 0 Å². The van der Waals surface area contributed by atoms with E-state index in [4.69, 9.17) is 5.11 Å². The molecular weight excluding hydrogens is 216 g/mol. The summed E-state index contributed by atoms with van der Waals surface area (Å²) in [6.07, 6.45) is 0.769. The lowest BCUT2D eigenvalue weighted by Crippen LogP contribution is -2.42. The summed E-state index contributed by atoms with van der Waals surface area (Å²) in [5.74, 6) is -0.101. The summed E-state index contributed by atoms with van der Waals surface area (Å²) < 4.78 is 22.6. The first-order valence-corrected chi connectivity index (χ1v) is 6.71. The molecule has 0 aromatic carbocycles. The van der Waals surface area contributed by atoms with Gasteiger partial charge in [-0.3, -0.25) is 0 Å². The summed E-state index contributed by atoms with van der Waals surface area (Å²) >= 11 is 0. The van der Waals surface area contributed by atoms with Crippen molar-refractivity contribution in [3.05, 3.63) is 12.2 Å². The Morgan fingerprint density at radius 1 is 1.53 bits per heavy atom. The number of hydrogen-bond donors (Lipinski definition) is 2. The Morgan fingerprint density at radius 2 is 2.13 bits per heavy atom. The fourth-order valence-corrected chi connectivity index (χ4v) is 4.01. The molecule has 0 aromatic heterocycles. The lowest BCUT2D eigenvalue weighted by Gasteiger charge is -2.27. The molecule has 1 saturated carbocycles. The van der Waals surface area contributed by atoms with Crippen molar-refractivity contribution in [3.63, 3.8) is 0 Å². The third-order valence-electron chi connectivity index (χ3n) is 3.29. The lowest BCUT2D eigenvalue weighted by molar-refractivity contribution is 0.211. The number of aliphatic hydroxyl groups is 2. The van der Waals surface area contributed by atoms with Gasteiger partial charge in [0, 0.05) is 12.4 Å². The van der Waals surface area contributed by atoms with E-state index in [1.807, 2.05) is 0 Å². The average molecular weight is 234 g/mol. The first kappa shape index (κ1) is 12.7. The van der Waals surface area contributed by atoms with Gasteiger partial charge in [-0.15, -0.1) is 0 Å². The molecule has 15 heavy (non-hydrogen) atoms. The second-order valence-electron chi connectivity index (χ2n) is 4.12. The predicted molar refractivity (Wildman–Crippen MR) is 58.2 cm³/mol. The molecule has 5 heteroatoms. The topological polar surface area (TPSA) is 74.6 Å². The molecule has 2 N–H and O–H groups in total. The highest BCUT2D eigenvalue weighted by atomic mass is 32.2. The Morgan fingerprint density at radius 3 is 2.47 bits per heavy atom. The molecule has 0 bridgehead atoms. The van der Waals surface area contributed by atoms with Gasteiger partial charge in [-0.05, 0) is 18.8 Å². The van der Waals surface area contributed by atoms with Crippen molar-refractivity contribution in [3.8, 4) is 0 Å². The van der Waals surface area contributed by atoms with Crippen molar-refractivity contribution >= 4 is 9.84 Å². The summed E-state index contributed by atoms with van der Waals surface area (Å²) in [7, 11) is -3.36. The van der Waals surface area contributed by atoms with Gasteiger partial charge >= 0.3 is 0 Å². The van der Waals surface area contributed by atoms with Gasteiger partial charge in [0.25, 0.3) is 0 Å². The molecule has 0 amide bonds. The number of rotatable bonds is 4. The molecule has 1 fully saturated rings. The molecule has 0 unspecified atom stereocenters. The quantitative estimate of drug-likeness (QED) is 0.677. The molecule has 0 spiro atoms. The molecule has 2 atom stereocenters. The molecule has 1 aliphatic rings. The maximum absolute atomic E-state index is 11.9. The van der Waals surface area contributed by atoms with E-state index >= 15 is 0 Å². The van der Waals surface area contributed by atoms with Crippen LogP contribution in [0.2, 0.25) is 0 Å². The second kappa shape index (κ2) is 4.23. The first-order valence-electron chi connectivity index (χ1n) is 5.05. The average Bonchev–Trinajstić information content (AvgIpc) is 2.56. The smallest absolute Gasteiger partial charge is 0.161 e. The van der Waals surface area contributed by atoms with Gasteiger partial charge in [-0.1, -0.05) is 19.1 Å². The van der Waals surface area contributed by atoms with E-state index in [2.05, 4.69) is 6.58 Å². The maximum Gasteiger partial charge on any atom is 0.161 e. The fraction of sp³-hybridized carbons (Fsp3) is 0.800. The van der Waals surface area contributed by atoms with Gasteiger partial charge in [0.2, 0.25) is 0 Å². The molecule has 0 aliphatic heterocycles. The number of hydrogen-bond acceptors (Lipinski definition) is 4. The van der Waals surface area contributed by atoms with E-state index in [9.17, 15) is 13.5 Å². The van der Waals surface area contributed by atoms with E-state index in [0.717, 1.165) is 0 Å². The zero-order chi connectivity index (χ0) is 11.7. The van der Waals surface area contributed by atoms with Crippen molar-refractivity contribution in [2.45, 2.75) is 24.5 Å². The van der Waals surface area contributed by atoms with Crippen LogP contribution in [0.15, 0.2) is 12.2 Å². The summed E-state index contributed by atoms with van der Waals surface area (Å²) in [5.41, 5.74) is 0.533. The van der Waals surface area contributed by atoms with Gasteiger partial charge in [0.15, 0.2) is 9.84 Å². The van der Waals surface area contributed by atoms with E-state index in [0.29, 0.717) is 12.0 Å². The predicted octanol–water partition coefficient (Wildman–Crippen LogP) is 0.111. The van der Waals surface area contributed by atoms with Crippen molar-refractivity contribution in [1.82, 2.24) is 0 Å². The Kier molecular flexibility index (Phi) is 3.58. The molecule has 0 aromatic rings. The Bertz CT molecular complexity index is 346. The highest BCUT2D eigenvalue weighted by Gasteiger charge is 2.50. The van der Waals surface area contributed by atoms with Crippen LogP contribution in [-0.4, -0.2) is 42.3 Å². The Labute approximate surface area is 90.5 Å². The molecule has 0 heterocycles. The minimum Gasteiger partial charge on any atom is -0.396 e. The normalized spacial score (nSPS) is 32.2. The maximum atomic E-state index is 11.9. The third-order valence-corrected chi connectivity index (χ3v) is 5.82. The van der Waals surface area contributed by atoms with E-state index in [1.54, 1.807) is 6.92 Å². The summed E-state index contributed by atoms with van der Waals surface area (Å²) in [6, 6.07) is 0. The summed E-state index contributed by atoms with van der Waals surface area (Å²) in [5, 5.41) is 18.4. The highest BCUT2D eigenvalue weighted by Crippen LogP contribution is 2.43. The van der Waals surface area contributed by atoms with Crippen molar-refractivity contribution < 1.29 is 18.6 Å². The summed E-state index contributed by atoms with van der Waals surface area (Å²) in [4.78, 5) is 0. The van der Waals surface area contributed by atoms with E-state index < -0.39 is 21.2 Å². The van der Waals surface area contributed by atoms with Gasteiger partial charge in [0.1, 0.15) is 4.75 Å². The molecule has 0 radical (unpaired) electrons. The van der Waals surface area contributed by atoms with Crippen LogP contribution in [0, 0.1) is 5.92 Å². The Balaban J connectivity index is 3.12. The van der Waals surface area contributed by atoms with Crippen LogP contribution in [0.3, 0.4) is 0 Å². The minimum absolute atomic E-state index is 0.00920. The van der Waals surface area contributed by atoms with Crippen LogP contribution in [-0.2, 0) is 9.84 Å². The zero-order valence-corrected chi connectivity index (χ0v) is 9.76. The fourth-order valence-electron chi connectivity index (χ4n) is 2.24. The second-order valence-corrected chi connectivity index (χ2v) is 6.70. The molecule has 0 saturated heterocycles. The zero-order valence-electron chi connectivity index (χ0n) is 8.94. The van der Waals surface area contributed by atoms with Gasteiger partial charge in [-0.2, -0.15) is 0 Å². The molecule has 1 rings (SSSR count). The number of sulfone groups is 1. The van der Waals surface area contributed by atoms with Gasteiger partial charge < -0.3 is 10.2 Å². The SMILES string of the molecule is C=C1C[C@H](CO)C[C@@]1(CO)S(=O)(=O)CC. The third kappa shape index (κ3) is 1.84. The highest BCUT2D eigenvalue weighted by molar-refractivity contribution is 7.93. The first-order chi connectivity index (χ1) is 6.93. The van der Waals surface area contributed by atoms with Gasteiger partial charge in [-0.25, -0.2) is 8.42 Å². The largest absolute Gasteiger partial charge is 0.396 e. The monoisotopic (exact) mass is 234 g/mol. The van der Waals surface area contributed by atoms with E-state index in [-0.39, 0.29) is 24.7 Å². The molecular formula is C10H18O4S. The van der Waals surface area contributed by atoms with Crippen LogP contribution < -0.4 is 0 Å². The van der Waals surface area contributed by atoms with Crippen LogP contribution >= 0.6 is 0 Å². The standard InChI is InChI=1S/C10H18O4S/c1-3-15(13,14)10(7-12)5-9(6-11)4-8(10)2/h9,11-12H,2-7H2,1H3/t9-,10-/m0/s1. The van der Waals surface area contributed by atoms with Crippen LogP contribution in [0.1, 0.15) is 19.8 Å². The van der Waals surface area contributed by atoms with Crippen LogP contribution in [0.4, 0.5) is 0 Å². The molecule has 4 nitrogen and oxygen atoms in total.